The van der Waals surface area contributed by atoms with E-state index in [0.29, 0.717) is 5.56 Å². The van der Waals surface area contributed by atoms with Gasteiger partial charge in [0.15, 0.2) is 5.96 Å². The molecule has 4 atom stereocenters. The number of carbonyl (C=O) groups excluding carboxylic acids is 6. The van der Waals surface area contributed by atoms with Crippen LogP contribution in [0.25, 0.3) is 0 Å². The maximum Gasteiger partial charge on any atom is 0.305 e. The van der Waals surface area contributed by atoms with E-state index in [9.17, 15) is 38.7 Å². The summed E-state index contributed by atoms with van der Waals surface area (Å²) in [6.45, 7) is -0.811. The van der Waals surface area contributed by atoms with Crippen LogP contribution in [0.3, 0.4) is 0 Å². The van der Waals surface area contributed by atoms with Gasteiger partial charge in [0.25, 0.3) is 0 Å². The number of carbonyl (C=O) groups is 7. The molecule has 1 aromatic rings. The number of carboxylic acids is 1. The molecule has 17 nitrogen and oxygen atoms in total. The van der Waals surface area contributed by atoms with Crippen molar-refractivity contribution in [2.45, 2.75) is 62.8 Å². The number of nitrogens with two attached hydrogens (primary N) is 2. The van der Waals surface area contributed by atoms with Crippen molar-refractivity contribution in [1.82, 2.24) is 31.5 Å². The number of aliphatic imine (C=N–C) groups is 1. The maximum absolute atomic E-state index is 13.6. The van der Waals surface area contributed by atoms with Crippen LogP contribution in [0, 0.1) is 0 Å². The third-order valence-electron chi connectivity index (χ3n) is 6.95. The molecule has 1 aromatic carbocycles. The van der Waals surface area contributed by atoms with Crippen molar-refractivity contribution in [3.63, 3.8) is 0 Å². The van der Waals surface area contributed by atoms with E-state index in [1.165, 1.54) is 4.90 Å². The van der Waals surface area contributed by atoms with E-state index >= 15 is 0 Å². The van der Waals surface area contributed by atoms with Crippen LogP contribution in [0.5, 0.6) is 0 Å². The molecule has 0 saturated carbocycles. The first-order valence-corrected chi connectivity index (χ1v) is 14.0. The van der Waals surface area contributed by atoms with E-state index in [4.69, 9.17) is 11.5 Å². The number of rotatable bonds is 8. The summed E-state index contributed by atoms with van der Waals surface area (Å²) in [5.41, 5.74) is 11.4. The SMILES string of the molecule is NC(N)=NCCC[C@@H]1NC(=O)CC[C@H]2NC(=O)[C@H](CNC(=O)[C@H](CC(=O)O)NC(=O)CNC1=O)N(Cc1ccccc1)C2=O. The van der Waals surface area contributed by atoms with Gasteiger partial charge in [0, 0.05) is 26.1 Å². The smallest absolute Gasteiger partial charge is 0.305 e. The van der Waals surface area contributed by atoms with E-state index < -0.39 is 78.5 Å². The van der Waals surface area contributed by atoms with Crippen molar-refractivity contribution >= 4 is 47.4 Å². The lowest BCUT2D eigenvalue weighted by atomic mass is 10.0. The predicted octanol–water partition coefficient (Wildman–Crippen LogP) is -3.59. The minimum absolute atomic E-state index is 0.0175. The number of carboxylic acid groups (broad SMARTS) is 1. The molecule has 10 N–H and O–H groups in total. The van der Waals surface area contributed by atoms with Gasteiger partial charge in [-0.2, -0.15) is 0 Å². The lowest BCUT2D eigenvalue weighted by Gasteiger charge is -2.39. The molecule has 44 heavy (non-hydrogen) atoms. The normalized spacial score (nSPS) is 23.7. The second-order valence-corrected chi connectivity index (χ2v) is 10.3. The lowest BCUT2D eigenvalue weighted by molar-refractivity contribution is -0.150. The van der Waals surface area contributed by atoms with Crippen molar-refractivity contribution < 1.29 is 38.7 Å². The van der Waals surface area contributed by atoms with Crippen LogP contribution in [0.2, 0.25) is 0 Å². The summed E-state index contributed by atoms with van der Waals surface area (Å²) in [7, 11) is 0. The standard InChI is InChI=1S/C27H37N9O8/c28-27(29)30-10-4-7-16-23(41)32-13-21(38)34-18(11-22(39)40)24(42)31-12-19-25(43)35-17(8-9-20(37)33-16)26(44)36(19)14-15-5-2-1-3-6-15/h1-3,5-6,16-19H,4,7-14H2,(H,31,42)(H,32,41)(H,33,37)(H,34,38)(H,35,43)(H,39,40)(H4,28,29,30)/t16-,17+,18-,19-/m0/s1. The number of hydrogen-bond acceptors (Lipinski definition) is 8. The first kappa shape index (κ1) is 33.3. The zero-order valence-electron chi connectivity index (χ0n) is 23.9. The van der Waals surface area contributed by atoms with E-state index in [1.807, 2.05) is 0 Å². The molecule has 3 fully saturated rings. The molecule has 0 aliphatic carbocycles. The van der Waals surface area contributed by atoms with Gasteiger partial charge in [0.1, 0.15) is 24.2 Å². The summed E-state index contributed by atoms with van der Waals surface area (Å²) >= 11 is 0. The first-order valence-electron chi connectivity index (χ1n) is 14.0. The number of nitrogens with zero attached hydrogens (tertiary/aromatic N) is 2. The molecule has 3 aliphatic heterocycles. The fourth-order valence-corrected chi connectivity index (χ4v) is 4.75. The Hall–Kier alpha value is -5.22. The highest BCUT2D eigenvalue weighted by atomic mass is 16.4. The van der Waals surface area contributed by atoms with Crippen molar-refractivity contribution in [3.05, 3.63) is 35.9 Å². The molecule has 4 rings (SSSR count). The van der Waals surface area contributed by atoms with Crippen LogP contribution in [0.15, 0.2) is 35.3 Å². The zero-order chi connectivity index (χ0) is 32.2. The molecule has 3 saturated heterocycles. The predicted molar refractivity (Wildman–Crippen MR) is 154 cm³/mol. The van der Waals surface area contributed by atoms with Crippen molar-refractivity contribution in [2.75, 3.05) is 19.6 Å². The molecule has 0 unspecified atom stereocenters. The Labute approximate surface area is 252 Å². The Bertz CT molecular complexity index is 1290. The van der Waals surface area contributed by atoms with Gasteiger partial charge in [-0.3, -0.25) is 38.6 Å². The van der Waals surface area contributed by atoms with E-state index in [1.54, 1.807) is 30.3 Å². The van der Waals surface area contributed by atoms with Crippen LogP contribution >= 0.6 is 0 Å². The molecular formula is C27H37N9O8. The van der Waals surface area contributed by atoms with Crippen molar-refractivity contribution in [3.8, 4) is 0 Å². The zero-order valence-corrected chi connectivity index (χ0v) is 23.9. The maximum atomic E-state index is 13.6. The number of fused-ring (bicyclic) bond motifs is 15. The number of aliphatic carboxylic acids is 1. The van der Waals surface area contributed by atoms with Gasteiger partial charge < -0.3 is 48.1 Å². The van der Waals surface area contributed by atoms with Gasteiger partial charge in [0.2, 0.25) is 35.4 Å². The molecule has 0 aromatic heterocycles. The highest BCUT2D eigenvalue weighted by Crippen LogP contribution is 2.18. The molecule has 0 radical (unpaired) electrons. The van der Waals surface area contributed by atoms with E-state index in [-0.39, 0.29) is 51.3 Å². The summed E-state index contributed by atoms with van der Waals surface area (Å²) in [5.74, 6) is -5.71. The van der Waals surface area contributed by atoms with E-state index in [2.05, 4.69) is 31.6 Å². The molecule has 3 aliphatic rings. The monoisotopic (exact) mass is 615 g/mol. The van der Waals surface area contributed by atoms with Gasteiger partial charge >= 0.3 is 5.97 Å². The second kappa shape index (κ2) is 15.9. The topological polar surface area (TPSA) is 268 Å². The highest BCUT2D eigenvalue weighted by Gasteiger charge is 2.41. The average Bonchev–Trinajstić information content (AvgIpc) is 2.97. The summed E-state index contributed by atoms with van der Waals surface area (Å²) in [6, 6.07) is 3.93. The number of benzene rings is 1. The van der Waals surface area contributed by atoms with Gasteiger partial charge in [-0.1, -0.05) is 30.3 Å². The van der Waals surface area contributed by atoms with Gasteiger partial charge in [-0.25, -0.2) is 0 Å². The van der Waals surface area contributed by atoms with Crippen LogP contribution < -0.4 is 38.1 Å². The number of amides is 6. The average molecular weight is 616 g/mol. The summed E-state index contributed by atoms with van der Waals surface area (Å²) < 4.78 is 0. The third kappa shape index (κ3) is 9.95. The minimum Gasteiger partial charge on any atom is -0.481 e. The Morgan fingerprint density at radius 2 is 1.59 bits per heavy atom. The summed E-state index contributed by atoms with van der Waals surface area (Å²) in [6.07, 6.45) is -0.707. The van der Waals surface area contributed by atoms with Crippen LogP contribution in [0.4, 0.5) is 0 Å². The Morgan fingerprint density at radius 3 is 2.27 bits per heavy atom. The first-order chi connectivity index (χ1) is 20.9. The molecule has 2 bridgehead atoms. The fraction of sp³-hybridized carbons (Fsp3) is 0.481. The molecule has 6 amide bonds. The summed E-state index contributed by atoms with van der Waals surface area (Å²) in [4.78, 5) is 94.7. The molecule has 17 heteroatoms. The fourth-order valence-electron chi connectivity index (χ4n) is 4.75. The third-order valence-corrected chi connectivity index (χ3v) is 6.95. The quantitative estimate of drug-likeness (QED) is 0.0616. The summed E-state index contributed by atoms with van der Waals surface area (Å²) in [5, 5.41) is 21.6. The van der Waals surface area contributed by atoms with Gasteiger partial charge in [-0.15, -0.1) is 0 Å². The number of nitrogens with one attached hydrogen (secondary N) is 5. The Kier molecular flexibility index (Phi) is 12.0. The Balaban J connectivity index is 1.88. The van der Waals surface area contributed by atoms with Crippen molar-refractivity contribution in [1.29, 1.82) is 0 Å². The molecule has 238 valence electrons. The largest absolute Gasteiger partial charge is 0.481 e. The molecule has 0 spiro atoms. The minimum atomic E-state index is -1.55. The van der Waals surface area contributed by atoms with Gasteiger partial charge in [0.05, 0.1) is 13.0 Å². The second-order valence-electron chi connectivity index (χ2n) is 10.3. The Morgan fingerprint density at radius 1 is 0.909 bits per heavy atom. The van der Waals surface area contributed by atoms with Crippen LogP contribution in [-0.4, -0.2) is 101 Å². The van der Waals surface area contributed by atoms with E-state index in [0.717, 1.165) is 0 Å². The molecular weight excluding hydrogens is 578 g/mol. The molecule has 3 heterocycles. The number of guanidine groups is 1. The highest BCUT2D eigenvalue weighted by molar-refractivity contribution is 5.98. The van der Waals surface area contributed by atoms with Gasteiger partial charge in [-0.05, 0) is 24.8 Å². The lowest BCUT2D eigenvalue weighted by Crippen LogP contribution is -2.66. The van der Waals surface area contributed by atoms with Crippen molar-refractivity contribution in [2.24, 2.45) is 16.5 Å². The van der Waals surface area contributed by atoms with Crippen LogP contribution in [0.1, 0.15) is 37.7 Å². The van der Waals surface area contributed by atoms with Crippen LogP contribution in [-0.2, 0) is 40.1 Å². The number of piperazine rings is 1. The number of hydrogen-bond donors (Lipinski definition) is 8.